The van der Waals surface area contributed by atoms with Crippen LogP contribution in [0.15, 0.2) is 36.8 Å². The van der Waals surface area contributed by atoms with Crippen molar-refractivity contribution in [2.75, 3.05) is 7.11 Å². The minimum Gasteiger partial charge on any atom is -0.485 e. The number of hydrogen-bond donors (Lipinski definition) is 0. The van der Waals surface area contributed by atoms with Crippen molar-refractivity contribution in [3.63, 3.8) is 0 Å². The fourth-order valence-corrected chi connectivity index (χ4v) is 2.81. The van der Waals surface area contributed by atoms with Gasteiger partial charge in [0.25, 0.3) is 5.88 Å². The third-order valence-electron chi connectivity index (χ3n) is 4.06. The lowest BCUT2D eigenvalue weighted by Crippen LogP contribution is -2.12. The maximum Gasteiger partial charge on any atom is 0.256 e. The molecule has 24 heavy (non-hydrogen) atoms. The minimum absolute atomic E-state index is 0.200. The van der Waals surface area contributed by atoms with Crippen molar-refractivity contribution in [1.82, 2.24) is 9.97 Å². The monoisotopic (exact) mass is 321 g/mol. The minimum atomic E-state index is 0.200. The van der Waals surface area contributed by atoms with Crippen molar-refractivity contribution in [2.45, 2.75) is 31.8 Å². The quantitative estimate of drug-likeness (QED) is 0.782. The molecule has 1 aliphatic rings. The number of nitriles is 1. The summed E-state index contributed by atoms with van der Waals surface area (Å²) in [4.78, 5) is 8.28. The summed E-state index contributed by atoms with van der Waals surface area (Å²) < 4.78 is 11.3. The average molecular weight is 321 g/mol. The summed E-state index contributed by atoms with van der Waals surface area (Å²) in [5.41, 5.74) is 2.14. The van der Waals surface area contributed by atoms with Crippen molar-refractivity contribution in [1.29, 1.82) is 5.26 Å². The molecule has 0 aliphatic heterocycles. The molecule has 2 aromatic rings. The van der Waals surface area contributed by atoms with E-state index in [4.69, 9.17) is 9.47 Å². The van der Waals surface area contributed by atoms with Gasteiger partial charge in [0, 0.05) is 24.2 Å². The molecule has 3 rings (SSSR count). The molecule has 5 heteroatoms. The van der Waals surface area contributed by atoms with Crippen molar-refractivity contribution in [3.8, 4) is 17.7 Å². The number of hydrogen-bond acceptors (Lipinski definition) is 5. The molecule has 0 saturated heterocycles. The number of nitrogens with zero attached hydrogens (tertiary/aromatic N) is 3. The average Bonchev–Trinajstić information content (AvgIpc) is 3.13. The Morgan fingerprint density at radius 3 is 2.71 bits per heavy atom. The molecule has 122 valence electrons. The molecule has 0 amide bonds. The summed E-state index contributed by atoms with van der Waals surface area (Å²) in [6.07, 6.45) is 11.5. The van der Waals surface area contributed by atoms with E-state index in [1.807, 2.05) is 24.3 Å². The zero-order valence-electron chi connectivity index (χ0n) is 13.6. The number of aromatic nitrogens is 2. The van der Waals surface area contributed by atoms with E-state index < -0.39 is 0 Å². The summed E-state index contributed by atoms with van der Waals surface area (Å²) in [5, 5.41) is 9.51. The zero-order chi connectivity index (χ0) is 16.8. The van der Waals surface area contributed by atoms with Crippen molar-refractivity contribution in [2.24, 2.45) is 0 Å². The van der Waals surface area contributed by atoms with Gasteiger partial charge in [0.05, 0.1) is 24.9 Å². The Hall–Kier alpha value is -2.87. The van der Waals surface area contributed by atoms with Gasteiger partial charge in [-0.05, 0) is 55.5 Å². The van der Waals surface area contributed by atoms with E-state index in [9.17, 15) is 5.26 Å². The van der Waals surface area contributed by atoms with Gasteiger partial charge in [0.2, 0.25) is 0 Å². The molecule has 0 N–H and O–H groups in total. The number of ether oxygens (including phenoxy) is 2. The second-order valence-corrected chi connectivity index (χ2v) is 5.71. The predicted molar refractivity (Wildman–Crippen MR) is 91.4 cm³/mol. The number of pyridine rings is 2. The van der Waals surface area contributed by atoms with Crippen LogP contribution in [0.25, 0.3) is 11.6 Å². The van der Waals surface area contributed by atoms with Gasteiger partial charge in [-0.25, -0.2) is 4.98 Å². The summed E-state index contributed by atoms with van der Waals surface area (Å²) in [6, 6.07) is 7.77. The first-order chi connectivity index (χ1) is 11.8. The summed E-state index contributed by atoms with van der Waals surface area (Å²) in [5.74, 6) is 1.05. The molecule has 1 saturated carbocycles. The molecule has 2 heterocycles. The van der Waals surface area contributed by atoms with Gasteiger partial charge in [-0.3, -0.25) is 4.98 Å². The van der Waals surface area contributed by atoms with Crippen LogP contribution in [0.1, 0.15) is 36.8 Å². The van der Waals surface area contributed by atoms with Gasteiger partial charge in [0.15, 0.2) is 5.75 Å². The molecule has 0 unspecified atom stereocenters. The van der Waals surface area contributed by atoms with E-state index >= 15 is 0 Å². The van der Waals surface area contributed by atoms with Crippen LogP contribution < -0.4 is 9.47 Å². The molecule has 0 bridgehead atoms. The van der Waals surface area contributed by atoms with Gasteiger partial charge in [-0.2, -0.15) is 5.26 Å². The molecule has 2 aromatic heterocycles. The summed E-state index contributed by atoms with van der Waals surface area (Å²) in [6.45, 7) is 0. The number of rotatable bonds is 5. The van der Waals surface area contributed by atoms with E-state index in [0.29, 0.717) is 22.8 Å². The lowest BCUT2D eigenvalue weighted by molar-refractivity contribution is 0.198. The van der Waals surface area contributed by atoms with E-state index in [-0.39, 0.29) is 6.10 Å². The molecule has 0 atom stereocenters. The van der Waals surface area contributed by atoms with Crippen LogP contribution in [0, 0.1) is 11.3 Å². The van der Waals surface area contributed by atoms with Crippen LogP contribution in [-0.2, 0) is 0 Å². The van der Waals surface area contributed by atoms with Crippen LogP contribution in [0.5, 0.6) is 11.6 Å². The molecular weight excluding hydrogens is 302 g/mol. The maximum absolute atomic E-state index is 9.51. The standard InChI is InChI=1S/C19H19N3O2/c1-23-19-18(24-17-4-2-3-5-17)11-16(13-22-19)15(12-20)10-14-6-8-21-9-7-14/h6-11,13,17H,2-5H2,1H3. The van der Waals surface area contributed by atoms with Crippen molar-refractivity contribution in [3.05, 3.63) is 47.9 Å². The molecule has 0 spiro atoms. The fourth-order valence-electron chi connectivity index (χ4n) is 2.81. The Morgan fingerprint density at radius 2 is 2.04 bits per heavy atom. The molecule has 5 nitrogen and oxygen atoms in total. The van der Waals surface area contributed by atoms with Gasteiger partial charge in [-0.15, -0.1) is 0 Å². The third-order valence-corrected chi connectivity index (χ3v) is 4.06. The van der Waals surface area contributed by atoms with Gasteiger partial charge < -0.3 is 9.47 Å². The molecular formula is C19H19N3O2. The first kappa shape index (κ1) is 16.0. The van der Waals surface area contributed by atoms with Crippen LogP contribution in [-0.4, -0.2) is 23.2 Å². The topological polar surface area (TPSA) is 68.0 Å². The SMILES string of the molecule is COc1ncc(C(C#N)=Cc2ccncc2)cc1OC1CCCC1. The Balaban J connectivity index is 1.92. The van der Waals surface area contributed by atoms with Gasteiger partial charge >= 0.3 is 0 Å². The lowest BCUT2D eigenvalue weighted by atomic mass is 10.1. The normalized spacial score (nSPS) is 15.1. The predicted octanol–water partition coefficient (Wildman–Crippen LogP) is 3.87. The fraction of sp³-hybridized carbons (Fsp3) is 0.316. The third kappa shape index (κ3) is 3.72. The number of allylic oxidation sites excluding steroid dienone is 1. The Kier molecular flexibility index (Phi) is 5.07. The second-order valence-electron chi connectivity index (χ2n) is 5.71. The number of methoxy groups -OCH3 is 1. The first-order valence-electron chi connectivity index (χ1n) is 8.03. The highest BCUT2D eigenvalue weighted by Crippen LogP contribution is 2.32. The first-order valence-corrected chi connectivity index (χ1v) is 8.03. The molecule has 1 fully saturated rings. The highest BCUT2D eigenvalue weighted by Gasteiger charge is 2.19. The van der Waals surface area contributed by atoms with E-state index in [2.05, 4.69) is 16.0 Å². The molecule has 0 radical (unpaired) electrons. The van der Waals surface area contributed by atoms with E-state index in [1.165, 1.54) is 12.8 Å². The van der Waals surface area contributed by atoms with Crippen LogP contribution in [0.3, 0.4) is 0 Å². The van der Waals surface area contributed by atoms with Crippen molar-refractivity contribution >= 4 is 11.6 Å². The second kappa shape index (κ2) is 7.60. The molecule has 1 aliphatic carbocycles. The maximum atomic E-state index is 9.51. The Labute approximate surface area is 141 Å². The van der Waals surface area contributed by atoms with Gasteiger partial charge in [0.1, 0.15) is 0 Å². The lowest BCUT2D eigenvalue weighted by Gasteiger charge is -2.15. The largest absolute Gasteiger partial charge is 0.485 e. The Morgan fingerprint density at radius 1 is 1.29 bits per heavy atom. The van der Waals surface area contributed by atoms with E-state index in [0.717, 1.165) is 18.4 Å². The highest BCUT2D eigenvalue weighted by atomic mass is 16.5. The van der Waals surface area contributed by atoms with Crippen LogP contribution >= 0.6 is 0 Å². The summed E-state index contributed by atoms with van der Waals surface area (Å²) in [7, 11) is 1.57. The van der Waals surface area contributed by atoms with Crippen molar-refractivity contribution < 1.29 is 9.47 Å². The molecule has 0 aromatic carbocycles. The smallest absolute Gasteiger partial charge is 0.256 e. The van der Waals surface area contributed by atoms with Crippen LogP contribution in [0.2, 0.25) is 0 Å². The Bertz CT molecular complexity index is 760. The van der Waals surface area contributed by atoms with Gasteiger partial charge in [-0.1, -0.05) is 0 Å². The zero-order valence-corrected chi connectivity index (χ0v) is 13.6. The summed E-state index contributed by atoms with van der Waals surface area (Å²) >= 11 is 0. The highest BCUT2D eigenvalue weighted by molar-refractivity contribution is 5.89. The van der Waals surface area contributed by atoms with Crippen LogP contribution in [0.4, 0.5) is 0 Å². The van der Waals surface area contributed by atoms with E-state index in [1.54, 1.807) is 25.7 Å².